The molecule has 1 aliphatic rings. The van der Waals surface area contributed by atoms with Crippen LogP contribution in [0.2, 0.25) is 0 Å². The zero-order valence-corrected chi connectivity index (χ0v) is 11.2. The maximum atomic E-state index is 10.9. The standard InChI is InChI=1S/C14H13NO3S/c1-18-11-5-3-2-4-9(11)14(6-7-14)13-15-10(8-19-13)12(16)17/h2-5,8H,6-7H2,1H3,(H,16,17). The van der Waals surface area contributed by atoms with E-state index >= 15 is 0 Å². The van der Waals surface area contributed by atoms with Gasteiger partial charge >= 0.3 is 5.97 Å². The third kappa shape index (κ3) is 1.90. The van der Waals surface area contributed by atoms with E-state index < -0.39 is 5.97 Å². The molecule has 1 aromatic carbocycles. The number of hydrogen-bond donors (Lipinski definition) is 1. The number of hydrogen-bond acceptors (Lipinski definition) is 4. The van der Waals surface area contributed by atoms with Gasteiger partial charge < -0.3 is 9.84 Å². The summed E-state index contributed by atoms with van der Waals surface area (Å²) in [5, 5.41) is 11.4. The van der Waals surface area contributed by atoms with E-state index in [9.17, 15) is 4.79 Å². The first-order valence-corrected chi connectivity index (χ1v) is 6.88. The Kier molecular flexibility index (Phi) is 2.78. The van der Waals surface area contributed by atoms with Crippen LogP contribution in [0, 0.1) is 0 Å². The monoisotopic (exact) mass is 275 g/mol. The lowest BCUT2D eigenvalue weighted by atomic mass is 9.95. The molecule has 5 heteroatoms. The molecule has 98 valence electrons. The first-order chi connectivity index (χ1) is 9.17. The van der Waals surface area contributed by atoms with Gasteiger partial charge in [0.25, 0.3) is 0 Å². The van der Waals surface area contributed by atoms with Gasteiger partial charge in [0.2, 0.25) is 0 Å². The van der Waals surface area contributed by atoms with Gasteiger partial charge in [0, 0.05) is 10.9 Å². The van der Waals surface area contributed by atoms with E-state index in [0.717, 1.165) is 29.2 Å². The van der Waals surface area contributed by atoms with Crippen LogP contribution in [-0.2, 0) is 5.41 Å². The molecule has 1 aliphatic carbocycles. The van der Waals surface area contributed by atoms with Crippen molar-refractivity contribution in [3.63, 3.8) is 0 Å². The van der Waals surface area contributed by atoms with Crippen LogP contribution in [0.25, 0.3) is 0 Å². The van der Waals surface area contributed by atoms with Crippen molar-refractivity contribution in [3.8, 4) is 5.75 Å². The van der Waals surface area contributed by atoms with Crippen molar-refractivity contribution in [2.24, 2.45) is 0 Å². The molecule has 0 atom stereocenters. The number of nitrogens with zero attached hydrogens (tertiary/aromatic N) is 1. The molecule has 0 saturated heterocycles. The maximum absolute atomic E-state index is 10.9. The number of aromatic carboxylic acids is 1. The minimum absolute atomic E-state index is 0.126. The van der Waals surface area contributed by atoms with E-state index in [4.69, 9.17) is 9.84 Å². The number of carboxylic acids is 1. The number of thiazole rings is 1. The molecule has 19 heavy (non-hydrogen) atoms. The lowest BCUT2D eigenvalue weighted by Gasteiger charge is -2.16. The second-order valence-electron chi connectivity index (χ2n) is 4.63. The van der Waals surface area contributed by atoms with Crippen LogP contribution in [0.15, 0.2) is 29.6 Å². The normalized spacial score (nSPS) is 16.1. The van der Waals surface area contributed by atoms with Crippen molar-refractivity contribution in [3.05, 3.63) is 45.9 Å². The fraction of sp³-hybridized carbons (Fsp3) is 0.286. The van der Waals surface area contributed by atoms with Crippen molar-refractivity contribution in [2.45, 2.75) is 18.3 Å². The Hall–Kier alpha value is -1.88. The van der Waals surface area contributed by atoms with Gasteiger partial charge in [-0.05, 0) is 18.9 Å². The number of carboxylic acid groups (broad SMARTS) is 1. The molecular weight excluding hydrogens is 262 g/mol. The molecule has 1 aromatic heterocycles. The minimum atomic E-state index is -0.974. The Morgan fingerprint density at radius 2 is 2.16 bits per heavy atom. The highest BCUT2D eigenvalue weighted by molar-refractivity contribution is 7.10. The van der Waals surface area contributed by atoms with Gasteiger partial charge in [0.05, 0.1) is 12.5 Å². The Morgan fingerprint density at radius 3 is 2.74 bits per heavy atom. The first-order valence-electron chi connectivity index (χ1n) is 6.00. The Morgan fingerprint density at radius 1 is 1.42 bits per heavy atom. The number of methoxy groups -OCH3 is 1. The van der Waals surface area contributed by atoms with Gasteiger partial charge in [-0.15, -0.1) is 11.3 Å². The van der Waals surface area contributed by atoms with Crippen LogP contribution in [-0.4, -0.2) is 23.2 Å². The second kappa shape index (κ2) is 4.35. The zero-order chi connectivity index (χ0) is 13.5. The van der Waals surface area contributed by atoms with Crippen LogP contribution in [0.4, 0.5) is 0 Å². The molecule has 0 bridgehead atoms. The van der Waals surface area contributed by atoms with Crippen LogP contribution in [0.1, 0.15) is 33.9 Å². The summed E-state index contributed by atoms with van der Waals surface area (Å²) in [6.45, 7) is 0. The highest BCUT2D eigenvalue weighted by atomic mass is 32.1. The van der Waals surface area contributed by atoms with Crippen molar-refractivity contribution in [2.75, 3.05) is 7.11 Å². The third-order valence-corrected chi connectivity index (χ3v) is 4.55. The van der Waals surface area contributed by atoms with Crippen LogP contribution in [0.5, 0.6) is 5.75 Å². The van der Waals surface area contributed by atoms with Gasteiger partial charge in [0.1, 0.15) is 10.8 Å². The number of aromatic nitrogens is 1. The summed E-state index contributed by atoms with van der Waals surface area (Å²) in [5.41, 5.74) is 1.08. The average Bonchev–Trinajstić information content (AvgIpc) is 3.08. The molecule has 0 radical (unpaired) electrons. The number of para-hydroxylation sites is 1. The van der Waals surface area contributed by atoms with E-state index in [1.165, 1.54) is 11.3 Å². The summed E-state index contributed by atoms with van der Waals surface area (Å²) in [4.78, 5) is 15.2. The topological polar surface area (TPSA) is 59.4 Å². The van der Waals surface area contributed by atoms with Crippen LogP contribution in [0.3, 0.4) is 0 Å². The first kappa shape index (κ1) is 12.2. The summed E-state index contributed by atoms with van der Waals surface area (Å²) < 4.78 is 5.41. The molecule has 0 unspecified atom stereocenters. The highest BCUT2D eigenvalue weighted by Gasteiger charge is 2.50. The zero-order valence-electron chi connectivity index (χ0n) is 10.4. The highest BCUT2D eigenvalue weighted by Crippen LogP contribution is 2.56. The van der Waals surface area contributed by atoms with Crippen molar-refractivity contribution >= 4 is 17.3 Å². The largest absolute Gasteiger partial charge is 0.496 e. The van der Waals surface area contributed by atoms with E-state index in [2.05, 4.69) is 4.98 Å². The van der Waals surface area contributed by atoms with Crippen molar-refractivity contribution < 1.29 is 14.6 Å². The lowest BCUT2D eigenvalue weighted by molar-refractivity contribution is 0.0691. The molecule has 1 heterocycles. The number of rotatable bonds is 4. The van der Waals surface area contributed by atoms with E-state index in [1.807, 2.05) is 24.3 Å². The molecule has 0 amide bonds. The quantitative estimate of drug-likeness (QED) is 0.932. The molecule has 0 aliphatic heterocycles. The van der Waals surface area contributed by atoms with Crippen molar-refractivity contribution in [1.29, 1.82) is 0 Å². The Balaban J connectivity index is 2.05. The SMILES string of the molecule is COc1ccccc1C1(c2nc(C(=O)O)cs2)CC1. The summed E-state index contributed by atoms with van der Waals surface area (Å²) in [5.74, 6) is -0.134. The Labute approximate surface area is 114 Å². The van der Waals surface area contributed by atoms with Gasteiger partial charge in [-0.3, -0.25) is 0 Å². The molecule has 1 saturated carbocycles. The van der Waals surface area contributed by atoms with Gasteiger partial charge in [-0.25, -0.2) is 9.78 Å². The lowest BCUT2D eigenvalue weighted by Crippen LogP contribution is -2.10. The molecule has 2 aromatic rings. The molecule has 3 rings (SSSR count). The summed E-state index contributed by atoms with van der Waals surface area (Å²) in [6, 6.07) is 7.88. The molecule has 4 nitrogen and oxygen atoms in total. The Bertz CT molecular complexity index is 631. The minimum Gasteiger partial charge on any atom is -0.496 e. The van der Waals surface area contributed by atoms with E-state index in [-0.39, 0.29) is 11.1 Å². The van der Waals surface area contributed by atoms with Crippen LogP contribution >= 0.6 is 11.3 Å². The predicted octanol–water partition coefficient (Wildman–Crippen LogP) is 2.93. The number of ether oxygens (including phenoxy) is 1. The smallest absolute Gasteiger partial charge is 0.355 e. The van der Waals surface area contributed by atoms with Gasteiger partial charge in [-0.1, -0.05) is 18.2 Å². The van der Waals surface area contributed by atoms with E-state index in [1.54, 1.807) is 12.5 Å². The molecular formula is C14H13NO3S. The molecule has 1 fully saturated rings. The summed E-state index contributed by atoms with van der Waals surface area (Å²) in [6.07, 6.45) is 1.97. The number of carbonyl (C=O) groups is 1. The van der Waals surface area contributed by atoms with Crippen LogP contribution < -0.4 is 4.74 Å². The molecule has 1 N–H and O–H groups in total. The van der Waals surface area contributed by atoms with Gasteiger partial charge in [0.15, 0.2) is 5.69 Å². The molecule has 0 spiro atoms. The fourth-order valence-electron chi connectivity index (χ4n) is 2.36. The average molecular weight is 275 g/mol. The third-order valence-electron chi connectivity index (χ3n) is 3.51. The fourth-order valence-corrected chi connectivity index (χ4v) is 3.42. The van der Waals surface area contributed by atoms with Crippen molar-refractivity contribution in [1.82, 2.24) is 4.98 Å². The number of benzene rings is 1. The summed E-state index contributed by atoms with van der Waals surface area (Å²) in [7, 11) is 1.65. The van der Waals surface area contributed by atoms with E-state index in [0.29, 0.717) is 0 Å². The maximum Gasteiger partial charge on any atom is 0.355 e. The second-order valence-corrected chi connectivity index (χ2v) is 5.48. The van der Waals surface area contributed by atoms with Gasteiger partial charge in [-0.2, -0.15) is 0 Å². The predicted molar refractivity (Wildman–Crippen MR) is 72.1 cm³/mol. The summed E-state index contributed by atoms with van der Waals surface area (Å²) >= 11 is 1.41.